The molecule has 0 aliphatic rings. The highest BCUT2D eigenvalue weighted by Gasteiger charge is 2.19. The summed E-state index contributed by atoms with van der Waals surface area (Å²) in [5, 5.41) is 3.41. The number of aryl methyl sites for hydroxylation is 1. The molecule has 2 heterocycles. The quantitative estimate of drug-likeness (QED) is 0.919. The van der Waals surface area contributed by atoms with Crippen molar-refractivity contribution in [2.75, 3.05) is 18.9 Å². The van der Waals surface area contributed by atoms with Crippen molar-refractivity contribution in [2.24, 2.45) is 7.05 Å². The molecule has 0 saturated heterocycles. The summed E-state index contributed by atoms with van der Waals surface area (Å²) in [6.45, 7) is 3.09. The van der Waals surface area contributed by atoms with Crippen LogP contribution in [0.3, 0.4) is 0 Å². The first-order chi connectivity index (χ1) is 10.0. The lowest BCUT2D eigenvalue weighted by atomic mass is 10.3. The number of hydrogen-bond acceptors (Lipinski definition) is 4. The molecule has 0 saturated carbocycles. The number of carbonyl (C=O) groups is 1. The van der Waals surface area contributed by atoms with E-state index in [9.17, 15) is 4.79 Å². The van der Waals surface area contributed by atoms with E-state index in [0.717, 1.165) is 12.4 Å². The van der Waals surface area contributed by atoms with E-state index in [-0.39, 0.29) is 11.6 Å². The van der Waals surface area contributed by atoms with Crippen LogP contribution in [0.1, 0.15) is 23.2 Å². The Morgan fingerprint density at radius 3 is 2.86 bits per heavy atom. The maximum Gasteiger partial charge on any atom is 0.274 e. The van der Waals surface area contributed by atoms with E-state index in [2.05, 4.69) is 15.3 Å². The summed E-state index contributed by atoms with van der Waals surface area (Å²) >= 11 is 6.09. The van der Waals surface area contributed by atoms with Crippen LogP contribution in [-0.2, 0) is 13.6 Å². The minimum atomic E-state index is -0.234. The van der Waals surface area contributed by atoms with Gasteiger partial charge in [-0.05, 0) is 19.1 Å². The SMILES string of the molecule is CCNc1ccc(Cl)c(C(=O)N(C)Cc2nccn2C)n1. The van der Waals surface area contributed by atoms with Crippen molar-refractivity contribution in [1.29, 1.82) is 0 Å². The molecule has 0 atom stereocenters. The molecule has 0 aliphatic heterocycles. The van der Waals surface area contributed by atoms with E-state index in [0.29, 0.717) is 17.4 Å². The van der Waals surface area contributed by atoms with E-state index in [4.69, 9.17) is 11.6 Å². The van der Waals surface area contributed by atoms with Crippen molar-refractivity contribution in [3.05, 3.63) is 41.1 Å². The van der Waals surface area contributed by atoms with Crippen molar-refractivity contribution in [1.82, 2.24) is 19.4 Å². The van der Waals surface area contributed by atoms with Gasteiger partial charge in [0.2, 0.25) is 0 Å². The molecule has 1 amide bonds. The molecular weight excluding hydrogens is 290 g/mol. The number of carbonyl (C=O) groups excluding carboxylic acids is 1. The van der Waals surface area contributed by atoms with Crippen molar-refractivity contribution >= 4 is 23.3 Å². The van der Waals surface area contributed by atoms with Gasteiger partial charge in [-0.2, -0.15) is 0 Å². The first-order valence-electron chi connectivity index (χ1n) is 6.65. The molecule has 1 N–H and O–H groups in total. The Morgan fingerprint density at radius 2 is 2.24 bits per heavy atom. The largest absolute Gasteiger partial charge is 0.370 e. The summed E-state index contributed by atoms with van der Waals surface area (Å²) in [5.41, 5.74) is 0.242. The number of amides is 1. The lowest BCUT2D eigenvalue weighted by Gasteiger charge is -2.17. The van der Waals surface area contributed by atoms with Gasteiger partial charge in [-0.15, -0.1) is 0 Å². The Bertz CT molecular complexity index is 640. The van der Waals surface area contributed by atoms with Gasteiger partial charge >= 0.3 is 0 Å². The summed E-state index contributed by atoms with van der Waals surface area (Å²) in [7, 11) is 3.59. The van der Waals surface area contributed by atoms with Gasteiger partial charge in [-0.3, -0.25) is 4.79 Å². The third kappa shape index (κ3) is 3.52. The van der Waals surface area contributed by atoms with Gasteiger partial charge in [0.15, 0.2) is 0 Å². The first-order valence-corrected chi connectivity index (χ1v) is 7.02. The van der Waals surface area contributed by atoms with Crippen LogP contribution in [0.25, 0.3) is 0 Å². The van der Waals surface area contributed by atoms with Crippen LogP contribution >= 0.6 is 11.6 Å². The molecule has 0 spiro atoms. The number of imidazole rings is 1. The molecule has 0 aromatic carbocycles. The minimum absolute atomic E-state index is 0.234. The van der Waals surface area contributed by atoms with E-state index >= 15 is 0 Å². The van der Waals surface area contributed by atoms with Crippen LogP contribution in [0.15, 0.2) is 24.5 Å². The van der Waals surface area contributed by atoms with Gasteiger partial charge in [0.25, 0.3) is 5.91 Å². The number of aromatic nitrogens is 3. The molecule has 7 heteroatoms. The zero-order valence-electron chi connectivity index (χ0n) is 12.3. The standard InChI is InChI=1S/C14H18ClN5O/c1-4-16-11-6-5-10(15)13(18-11)14(21)20(3)9-12-17-7-8-19(12)2/h5-8H,4,9H2,1-3H3,(H,16,18). The fourth-order valence-corrected chi connectivity index (χ4v) is 2.07. The molecule has 2 aromatic heterocycles. The van der Waals surface area contributed by atoms with Crippen molar-refractivity contribution < 1.29 is 4.79 Å². The normalized spacial score (nSPS) is 10.5. The topological polar surface area (TPSA) is 63.1 Å². The number of pyridine rings is 1. The number of nitrogens with zero attached hydrogens (tertiary/aromatic N) is 4. The average molecular weight is 308 g/mol. The van der Waals surface area contributed by atoms with E-state index in [1.807, 2.05) is 24.7 Å². The molecule has 0 unspecified atom stereocenters. The Morgan fingerprint density at radius 1 is 1.48 bits per heavy atom. The van der Waals surface area contributed by atoms with Crippen molar-refractivity contribution in [3.63, 3.8) is 0 Å². The molecular formula is C14H18ClN5O. The maximum absolute atomic E-state index is 12.5. The zero-order chi connectivity index (χ0) is 15.4. The Kier molecular flexibility index (Phi) is 4.80. The third-order valence-electron chi connectivity index (χ3n) is 3.05. The summed E-state index contributed by atoms with van der Waals surface area (Å²) in [6, 6.07) is 3.43. The second kappa shape index (κ2) is 6.58. The average Bonchev–Trinajstić information content (AvgIpc) is 2.86. The van der Waals surface area contributed by atoms with Gasteiger partial charge in [0.1, 0.15) is 17.3 Å². The zero-order valence-corrected chi connectivity index (χ0v) is 13.1. The summed E-state index contributed by atoms with van der Waals surface area (Å²) in [6.07, 6.45) is 3.54. The van der Waals surface area contributed by atoms with Crippen LogP contribution < -0.4 is 5.32 Å². The van der Waals surface area contributed by atoms with E-state index in [1.165, 1.54) is 0 Å². The number of rotatable bonds is 5. The molecule has 2 rings (SSSR count). The fraction of sp³-hybridized carbons (Fsp3) is 0.357. The van der Waals surface area contributed by atoms with E-state index in [1.54, 1.807) is 30.3 Å². The van der Waals surface area contributed by atoms with Crippen molar-refractivity contribution in [3.8, 4) is 0 Å². The minimum Gasteiger partial charge on any atom is -0.370 e. The monoisotopic (exact) mass is 307 g/mol. The maximum atomic E-state index is 12.5. The summed E-state index contributed by atoms with van der Waals surface area (Å²) in [4.78, 5) is 22.5. The van der Waals surface area contributed by atoms with Crippen LogP contribution in [0.2, 0.25) is 5.02 Å². The molecule has 112 valence electrons. The first kappa shape index (κ1) is 15.3. The van der Waals surface area contributed by atoms with Gasteiger partial charge in [-0.1, -0.05) is 11.6 Å². The van der Waals surface area contributed by atoms with Crippen LogP contribution in [0.5, 0.6) is 0 Å². The molecule has 0 fully saturated rings. The predicted octanol–water partition coefficient (Wildman–Crippen LogP) is 2.17. The number of halogens is 1. The second-order valence-corrected chi connectivity index (χ2v) is 5.08. The Labute approximate surface area is 128 Å². The molecule has 0 aliphatic carbocycles. The Balaban J connectivity index is 2.18. The third-order valence-corrected chi connectivity index (χ3v) is 3.36. The lowest BCUT2D eigenvalue weighted by Crippen LogP contribution is -2.28. The van der Waals surface area contributed by atoms with Gasteiger partial charge in [-0.25, -0.2) is 9.97 Å². The summed E-state index contributed by atoms with van der Waals surface area (Å²) < 4.78 is 1.87. The van der Waals surface area contributed by atoms with Crippen LogP contribution in [-0.4, -0.2) is 38.9 Å². The molecule has 2 aromatic rings. The van der Waals surface area contributed by atoms with E-state index < -0.39 is 0 Å². The second-order valence-electron chi connectivity index (χ2n) is 4.67. The molecule has 0 bridgehead atoms. The van der Waals surface area contributed by atoms with Gasteiger partial charge in [0, 0.05) is 33.0 Å². The van der Waals surface area contributed by atoms with Gasteiger partial charge in [0.05, 0.1) is 11.6 Å². The highest BCUT2D eigenvalue weighted by Crippen LogP contribution is 2.18. The van der Waals surface area contributed by atoms with Crippen LogP contribution in [0, 0.1) is 0 Å². The van der Waals surface area contributed by atoms with Crippen LogP contribution in [0.4, 0.5) is 5.82 Å². The Hall–Kier alpha value is -2.08. The number of nitrogens with one attached hydrogen (secondary N) is 1. The predicted molar refractivity (Wildman–Crippen MR) is 82.4 cm³/mol. The molecule has 0 radical (unpaired) electrons. The molecule has 21 heavy (non-hydrogen) atoms. The number of anilines is 1. The van der Waals surface area contributed by atoms with Gasteiger partial charge < -0.3 is 14.8 Å². The lowest BCUT2D eigenvalue weighted by molar-refractivity contribution is 0.0775. The smallest absolute Gasteiger partial charge is 0.274 e. The summed E-state index contributed by atoms with van der Waals surface area (Å²) in [5.74, 6) is 1.20. The fourth-order valence-electron chi connectivity index (χ4n) is 1.89. The van der Waals surface area contributed by atoms with Crippen molar-refractivity contribution in [2.45, 2.75) is 13.5 Å². The number of hydrogen-bond donors (Lipinski definition) is 1. The molecule has 6 nitrogen and oxygen atoms in total. The highest BCUT2D eigenvalue weighted by molar-refractivity contribution is 6.33. The highest BCUT2D eigenvalue weighted by atomic mass is 35.5.